The number of alkyl carbamates (subject to hydrolysis) is 1. The topological polar surface area (TPSA) is 102 Å². The van der Waals surface area contributed by atoms with E-state index in [1.165, 1.54) is 6.42 Å². The highest BCUT2D eigenvalue weighted by Crippen LogP contribution is 2.30. The molecule has 1 aliphatic carbocycles. The standard InChI is InChI=1S/C23H41NO6/c1-5-21(27)29-22(16(2)3)30-23(28)24-19-11-8-10-18(15-19)14-13-17(4)9-6-7-12-20(25)26/h16-19,22H,5-15H2,1-4H3,(H,24,28)(H,25,26)/t17-,18?,19?,22-/m1/s1. The second kappa shape index (κ2) is 14.3. The Hall–Kier alpha value is -1.79. The van der Waals surface area contributed by atoms with Crippen molar-refractivity contribution in [2.45, 2.75) is 111 Å². The Morgan fingerprint density at radius 1 is 1.07 bits per heavy atom. The molecule has 30 heavy (non-hydrogen) atoms. The zero-order valence-corrected chi connectivity index (χ0v) is 19.2. The molecule has 174 valence electrons. The maximum absolute atomic E-state index is 12.3. The number of carbonyl (C=O) groups excluding carboxylic acids is 2. The van der Waals surface area contributed by atoms with Crippen molar-refractivity contribution in [3.8, 4) is 0 Å². The summed E-state index contributed by atoms with van der Waals surface area (Å²) >= 11 is 0. The number of nitrogens with one attached hydrogen (secondary N) is 1. The summed E-state index contributed by atoms with van der Waals surface area (Å²) in [5.74, 6) is -0.0229. The Kier molecular flexibility index (Phi) is 12.5. The van der Waals surface area contributed by atoms with Crippen molar-refractivity contribution in [2.24, 2.45) is 17.8 Å². The molecule has 0 aromatic heterocycles. The van der Waals surface area contributed by atoms with E-state index in [9.17, 15) is 14.4 Å². The summed E-state index contributed by atoms with van der Waals surface area (Å²) in [6.45, 7) is 7.64. The first-order valence-electron chi connectivity index (χ1n) is 11.6. The molecule has 1 aliphatic rings. The van der Waals surface area contributed by atoms with Crippen LogP contribution in [0.1, 0.15) is 98.3 Å². The van der Waals surface area contributed by atoms with E-state index >= 15 is 0 Å². The van der Waals surface area contributed by atoms with Gasteiger partial charge in [-0.05, 0) is 31.1 Å². The van der Waals surface area contributed by atoms with Gasteiger partial charge in [-0.2, -0.15) is 0 Å². The van der Waals surface area contributed by atoms with E-state index in [1.807, 2.05) is 13.8 Å². The lowest BCUT2D eigenvalue weighted by Crippen LogP contribution is -2.41. The first-order chi connectivity index (χ1) is 14.2. The van der Waals surface area contributed by atoms with E-state index < -0.39 is 18.4 Å². The number of unbranched alkanes of at least 4 members (excludes halogenated alkanes) is 1. The fourth-order valence-electron chi connectivity index (χ4n) is 3.93. The zero-order valence-electron chi connectivity index (χ0n) is 19.2. The molecule has 0 aromatic rings. The highest BCUT2D eigenvalue weighted by molar-refractivity contribution is 5.70. The van der Waals surface area contributed by atoms with Gasteiger partial charge in [0, 0.05) is 24.8 Å². The molecule has 0 aliphatic heterocycles. The van der Waals surface area contributed by atoms with Crippen molar-refractivity contribution in [3.63, 3.8) is 0 Å². The van der Waals surface area contributed by atoms with Gasteiger partial charge in [-0.25, -0.2) is 4.79 Å². The minimum Gasteiger partial charge on any atom is -0.481 e. The summed E-state index contributed by atoms with van der Waals surface area (Å²) in [6.07, 6.45) is 8.34. The summed E-state index contributed by atoms with van der Waals surface area (Å²) in [4.78, 5) is 34.4. The molecule has 0 aromatic carbocycles. The minimum atomic E-state index is -0.862. The molecule has 0 heterocycles. The van der Waals surface area contributed by atoms with Crippen LogP contribution in [0.3, 0.4) is 0 Å². The van der Waals surface area contributed by atoms with Crippen LogP contribution in [-0.4, -0.2) is 35.5 Å². The first kappa shape index (κ1) is 26.2. The summed E-state index contributed by atoms with van der Waals surface area (Å²) in [5, 5.41) is 11.7. The maximum atomic E-state index is 12.3. The third kappa shape index (κ3) is 11.4. The van der Waals surface area contributed by atoms with Crippen LogP contribution in [-0.2, 0) is 19.1 Å². The second-order valence-corrected chi connectivity index (χ2v) is 9.06. The summed E-state index contributed by atoms with van der Waals surface area (Å²) in [5.41, 5.74) is 0. The Balaban J connectivity index is 2.33. The zero-order chi connectivity index (χ0) is 22.5. The summed E-state index contributed by atoms with van der Waals surface area (Å²) in [6, 6.07) is 0.0943. The fraction of sp³-hybridized carbons (Fsp3) is 0.870. The number of carboxylic acid groups (broad SMARTS) is 1. The molecule has 4 atom stereocenters. The molecular formula is C23H41NO6. The average Bonchev–Trinajstić information content (AvgIpc) is 2.69. The van der Waals surface area contributed by atoms with Crippen LogP contribution in [0.4, 0.5) is 4.79 Å². The third-order valence-electron chi connectivity index (χ3n) is 5.81. The summed E-state index contributed by atoms with van der Waals surface area (Å²) in [7, 11) is 0. The molecule has 0 bridgehead atoms. The van der Waals surface area contributed by atoms with Crippen LogP contribution in [0.5, 0.6) is 0 Å². The smallest absolute Gasteiger partial charge is 0.410 e. The minimum absolute atomic E-state index is 0.0943. The second-order valence-electron chi connectivity index (χ2n) is 9.06. The molecule has 0 radical (unpaired) electrons. The Morgan fingerprint density at radius 3 is 2.43 bits per heavy atom. The number of amides is 1. The molecule has 1 amide bonds. The number of aliphatic carboxylic acids is 1. The molecule has 7 nitrogen and oxygen atoms in total. The number of carbonyl (C=O) groups is 3. The maximum Gasteiger partial charge on any atom is 0.410 e. The van der Waals surface area contributed by atoms with Crippen molar-refractivity contribution in [2.75, 3.05) is 0 Å². The monoisotopic (exact) mass is 427 g/mol. The van der Waals surface area contributed by atoms with Gasteiger partial charge >= 0.3 is 18.0 Å². The molecule has 0 saturated heterocycles. The first-order valence-corrected chi connectivity index (χ1v) is 11.6. The van der Waals surface area contributed by atoms with Crippen LogP contribution in [0.2, 0.25) is 0 Å². The molecular weight excluding hydrogens is 386 g/mol. The van der Waals surface area contributed by atoms with Crippen LogP contribution in [0.25, 0.3) is 0 Å². The quantitative estimate of drug-likeness (QED) is 0.236. The van der Waals surface area contributed by atoms with Gasteiger partial charge in [-0.1, -0.05) is 66.2 Å². The number of hydrogen-bond acceptors (Lipinski definition) is 5. The Bertz CT molecular complexity index is 536. The molecule has 2 unspecified atom stereocenters. The van der Waals surface area contributed by atoms with Gasteiger partial charge in [0.15, 0.2) is 0 Å². The molecule has 7 heteroatoms. The fourth-order valence-corrected chi connectivity index (χ4v) is 3.93. The number of esters is 1. The highest BCUT2D eigenvalue weighted by Gasteiger charge is 2.27. The third-order valence-corrected chi connectivity index (χ3v) is 5.81. The average molecular weight is 428 g/mol. The SMILES string of the molecule is CCC(=O)O[C@H](OC(=O)NC1CCCC(CC[C@H](C)CCCCC(=O)O)C1)C(C)C. The lowest BCUT2D eigenvalue weighted by Gasteiger charge is -2.31. The number of hydrogen-bond donors (Lipinski definition) is 2. The number of rotatable bonds is 13. The lowest BCUT2D eigenvalue weighted by molar-refractivity contribution is -0.174. The van der Waals surface area contributed by atoms with E-state index in [4.69, 9.17) is 14.6 Å². The van der Waals surface area contributed by atoms with Crippen LogP contribution >= 0.6 is 0 Å². The normalized spacial score (nSPS) is 21.0. The van der Waals surface area contributed by atoms with Crippen molar-refractivity contribution in [1.82, 2.24) is 5.32 Å². The number of ether oxygens (including phenoxy) is 2. The largest absolute Gasteiger partial charge is 0.481 e. The molecule has 1 saturated carbocycles. The van der Waals surface area contributed by atoms with Crippen LogP contribution < -0.4 is 5.32 Å². The van der Waals surface area contributed by atoms with E-state index in [-0.39, 0.29) is 30.8 Å². The van der Waals surface area contributed by atoms with E-state index in [0.717, 1.165) is 51.4 Å². The van der Waals surface area contributed by atoms with Gasteiger partial charge < -0.3 is 19.9 Å². The van der Waals surface area contributed by atoms with Crippen molar-refractivity contribution in [1.29, 1.82) is 0 Å². The van der Waals surface area contributed by atoms with E-state index in [2.05, 4.69) is 12.2 Å². The van der Waals surface area contributed by atoms with Gasteiger partial charge in [0.05, 0.1) is 0 Å². The Morgan fingerprint density at radius 2 is 1.80 bits per heavy atom. The Labute approximate surface area is 181 Å². The van der Waals surface area contributed by atoms with Crippen molar-refractivity contribution >= 4 is 18.0 Å². The predicted molar refractivity (Wildman–Crippen MR) is 115 cm³/mol. The molecule has 0 spiro atoms. The van der Waals surface area contributed by atoms with Gasteiger partial charge in [-0.15, -0.1) is 0 Å². The van der Waals surface area contributed by atoms with E-state index in [0.29, 0.717) is 11.8 Å². The van der Waals surface area contributed by atoms with Crippen molar-refractivity contribution < 1.29 is 29.0 Å². The van der Waals surface area contributed by atoms with Gasteiger partial charge in [0.2, 0.25) is 0 Å². The van der Waals surface area contributed by atoms with Crippen molar-refractivity contribution in [3.05, 3.63) is 0 Å². The van der Waals surface area contributed by atoms with Crippen LogP contribution in [0.15, 0.2) is 0 Å². The van der Waals surface area contributed by atoms with Crippen LogP contribution in [0, 0.1) is 17.8 Å². The molecule has 1 rings (SSSR count). The van der Waals surface area contributed by atoms with Gasteiger partial charge in [0.1, 0.15) is 0 Å². The van der Waals surface area contributed by atoms with Gasteiger partial charge in [-0.3, -0.25) is 9.59 Å². The van der Waals surface area contributed by atoms with E-state index in [1.54, 1.807) is 6.92 Å². The van der Waals surface area contributed by atoms with Gasteiger partial charge in [0.25, 0.3) is 6.29 Å². The lowest BCUT2D eigenvalue weighted by atomic mass is 9.81. The summed E-state index contributed by atoms with van der Waals surface area (Å²) < 4.78 is 10.6. The molecule has 2 N–H and O–H groups in total. The molecule has 1 fully saturated rings. The predicted octanol–water partition coefficient (Wildman–Crippen LogP) is 5.27. The highest BCUT2D eigenvalue weighted by atomic mass is 16.7. The number of carboxylic acids is 1.